The van der Waals surface area contributed by atoms with Gasteiger partial charge in [-0.3, -0.25) is 0 Å². The van der Waals surface area contributed by atoms with Crippen molar-refractivity contribution in [3.05, 3.63) is 48.6 Å². The molecule has 0 unspecified atom stereocenters. The fourth-order valence-corrected chi connectivity index (χ4v) is 0.777. The van der Waals surface area contributed by atoms with Crippen LogP contribution >= 0.6 is 0 Å². The molecule has 1 aromatic rings. The van der Waals surface area contributed by atoms with Crippen molar-refractivity contribution in [1.29, 1.82) is 0 Å². The summed E-state index contributed by atoms with van der Waals surface area (Å²) in [5, 5.41) is 0. The molecule has 1 aromatic carbocycles. The Bertz CT molecular complexity index is 264. The maximum atomic E-state index is 10.6. The van der Waals surface area contributed by atoms with Crippen LogP contribution in [0, 0.1) is 6.58 Å². The molecule has 0 N–H and O–H groups in total. The maximum Gasteiger partial charge on any atom is 0.484 e. The third-order valence-electron chi connectivity index (χ3n) is 1.36. The summed E-state index contributed by atoms with van der Waals surface area (Å²) < 4.78 is 4.76. The van der Waals surface area contributed by atoms with Crippen LogP contribution in [0.5, 0.6) is 0 Å². The molecule has 0 aliphatic heterocycles. The second-order valence-electron chi connectivity index (χ2n) is 2.26. The van der Waals surface area contributed by atoms with Gasteiger partial charge in [0.1, 0.15) is 6.61 Å². The van der Waals surface area contributed by atoms with Crippen molar-refractivity contribution in [2.45, 2.75) is 6.61 Å². The molecule has 2 nitrogen and oxygen atoms in total. The summed E-state index contributed by atoms with van der Waals surface area (Å²) in [5.41, 5.74) is 0.952. The van der Waals surface area contributed by atoms with Crippen molar-refractivity contribution < 1.29 is 9.53 Å². The fraction of sp³-hybridized carbons (Fsp3) is 0.100. The van der Waals surface area contributed by atoms with Crippen LogP contribution < -0.4 is 0 Å². The van der Waals surface area contributed by atoms with Gasteiger partial charge >= 0.3 is 5.97 Å². The number of rotatable bonds is 3. The van der Waals surface area contributed by atoms with Gasteiger partial charge < -0.3 is 4.74 Å². The lowest BCUT2D eigenvalue weighted by atomic mass is 10.2. The number of hydrogen-bond acceptors (Lipinski definition) is 2. The highest BCUT2D eigenvalue weighted by Gasteiger charge is 2.04. The second-order valence-corrected chi connectivity index (χ2v) is 2.26. The molecule has 1 rings (SSSR count). The molecule has 0 radical (unpaired) electrons. The Labute approximate surface area is 71.5 Å². The normalized spacial score (nSPS) is 8.92. The summed E-state index contributed by atoms with van der Waals surface area (Å²) in [6.07, 6.45) is 0.906. The van der Waals surface area contributed by atoms with E-state index in [1.54, 1.807) is 0 Å². The summed E-state index contributed by atoms with van der Waals surface area (Å²) in [4.78, 5) is 10.6. The monoisotopic (exact) mass is 161 g/mol. The number of benzene rings is 1. The van der Waals surface area contributed by atoms with Gasteiger partial charge in [-0.05, 0) is 5.56 Å². The molecule has 0 saturated heterocycles. The number of carbonyl (C=O) groups excluding carboxylic acids is 1. The molecule has 60 valence electrons. The largest absolute Gasteiger partial charge is 0.484 e. The lowest BCUT2D eigenvalue weighted by Crippen LogP contribution is -1.99. The highest BCUT2D eigenvalue weighted by atomic mass is 16.5. The maximum absolute atomic E-state index is 10.6. The van der Waals surface area contributed by atoms with Crippen LogP contribution in [-0.4, -0.2) is 5.97 Å². The van der Waals surface area contributed by atoms with Gasteiger partial charge in [0, 0.05) is 0 Å². The van der Waals surface area contributed by atoms with Gasteiger partial charge in [-0.1, -0.05) is 30.3 Å². The van der Waals surface area contributed by atoms with Crippen LogP contribution in [0.15, 0.2) is 36.4 Å². The third kappa shape index (κ3) is 2.52. The van der Waals surface area contributed by atoms with Crippen LogP contribution in [-0.2, 0) is 16.1 Å². The molecule has 0 heterocycles. The van der Waals surface area contributed by atoms with Crippen LogP contribution in [0.2, 0.25) is 0 Å². The number of hydrogen-bond donors (Lipinski definition) is 0. The van der Waals surface area contributed by atoms with Gasteiger partial charge in [-0.25, -0.2) is 0 Å². The van der Waals surface area contributed by atoms with Crippen molar-refractivity contribution >= 4 is 5.97 Å². The number of esters is 1. The lowest BCUT2D eigenvalue weighted by Gasteiger charge is -1.95. The first-order chi connectivity index (χ1) is 5.83. The summed E-state index contributed by atoms with van der Waals surface area (Å²) >= 11 is 0. The van der Waals surface area contributed by atoms with E-state index in [0.717, 1.165) is 11.6 Å². The molecular weight excluding hydrogens is 152 g/mol. The van der Waals surface area contributed by atoms with Crippen LogP contribution in [0.3, 0.4) is 0 Å². The average Bonchev–Trinajstić information content (AvgIpc) is 2.16. The second kappa shape index (κ2) is 4.27. The first-order valence-corrected chi connectivity index (χ1v) is 3.58. The van der Waals surface area contributed by atoms with Crippen LogP contribution in [0.1, 0.15) is 5.56 Å². The first kappa shape index (κ1) is 8.44. The molecule has 0 spiro atoms. The molecule has 0 aliphatic rings. The van der Waals surface area contributed by atoms with Crippen molar-refractivity contribution in [2.75, 3.05) is 0 Å². The zero-order valence-corrected chi connectivity index (χ0v) is 6.57. The van der Waals surface area contributed by atoms with Gasteiger partial charge in [0.2, 0.25) is 6.08 Å². The molecule has 0 fully saturated rings. The van der Waals surface area contributed by atoms with E-state index in [1.165, 1.54) is 0 Å². The zero-order valence-electron chi connectivity index (χ0n) is 6.57. The van der Waals surface area contributed by atoms with Crippen molar-refractivity contribution in [3.63, 3.8) is 0 Å². The fourth-order valence-electron chi connectivity index (χ4n) is 0.777. The predicted molar refractivity (Wildman–Crippen MR) is 45.1 cm³/mol. The van der Waals surface area contributed by atoms with E-state index in [9.17, 15) is 4.79 Å². The Morgan fingerprint density at radius 1 is 1.42 bits per heavy atom. The van der Waals surface area contributed by atoms with Crippen molar-refractivity contribution in [3.8, 4) is 0 Å². The molecule has 0 aromatic heterocycles. The zero-order chi connectivity index (χ0) is 8.81. The highest BCUT2D eigenvalue weighted by Crippen LogP contribution is 2.00. The molecule has 0 bridgehead atoms. The topological polar surface area (TPSA) is 26.3 Å². The quantitative estimate of drug-likeness (QED) is 0.383. The number of ether oxygens (including phenoxy) is 1. The van der Waals surface area contributed by atoms with E-state index in [4.69, 9.17) is 11.3 Å². The first-order valence-electron chi connectivity index (χ1n) is 3.58. The van der Waals surface area contributed by atoms with Crippen molar-refractivity contribution in [2.24, 2.45) is 0 Å². The molecule has 0 aliphatic carbocycles. The van der Waals surface area contributed by atoms with Gasteiger partial charge in [0.05, 0.1) is 6.58 Å². The Balaban J connectivity index is 2.43. The van der Waals surface area contributed by atoms with E-state index in [0.29, 0.717) is 0 Å². The standard InChI is InChI=1S/C10H9O2/c1-2-10(11)12-8-9-6-4-3-5-7-9/h1-7H,8H2/q+1. The van der Waals surface area contributed by atoms with Crippen LogP contribution in [0.25, 0.3) is 0 Å². The van der Waals surface area contributed by atoms with Crippen molar-refractivity contribution in [1.82, 2.24) is 0 Å². The summed E-state index contributed by atoms with van der Waals surface area (Å²) in [6.45, 7) is 5.21. The summed E-state index contributed by atoms with van der Waals surface area (Å²) in [6, 6.07) is 9.43. The third-order valence-corrected chi connectivity index (χ3v) is 1.36. The molecule has 12 heavy (non-hydrogen) atoms. The number of carbonyl (C=O) groups is 1. The SMILES string of the molecule is [CH+]=CC(=O)OCc1ccccc1. The van der Waals surface area contributed by atoms with E-state index >= 15 is 0 Å². The Morgan fingerprint density at radius 2 is 2.08 bits per heavy atom. The summed E-state index contributed by atoms with van der Waals surface area (Å²) in [5.74, 6) is -0.501. The molecule has 0 atom stereocenters. The lowest BCUT2D eigenvalue weighted by molar-refractivity contribution is -0.139. The smallest absolute Gasteiger partial charge is 0.368 e. The Morgan fingerprint density at radius 3 is 2.67 bits per heavy atom. The minimum absolute atomic E-state index is 0.271. The van der Waals surface area contributed by atoms with E-state index in [1.807, 2.05) is 30.3 Å². The molecule has 2 heteroatoms. The van der Waals surface area contributed by atoms with Gasteiger partial charge in [0.15, 0.2) is 0 Å². The summed E-state index contributed by atoms with van der Waals surface area (Å²) in [7, 11) is 0. The van der Waals surface area contributed by atoms with Gasteiger partial charge in [0.25, 0.3) is 0 Å². The van der Waals surface area contributed by atoms with E-state index in [-0.39, 0.29) is 6.61 Å². The molecule has 0 amide bonds. The van der Waals surface area contributed by atoms with E-state index in [2.05, 4.69) is 0 Å². The van der Waals surface area contributed by atoms with Gasteiger partial charge in [-0.2, -0.15) is 0 Å². The minimum Gasteiger partial charge on any atom is -0.368 e. The predicted octanol–water partition coefficient (Wildman–Crippen LogP) is 1.72. The van der Waals surface area contributed by atoms with E-state index < -0.39 is 5.97 Å². The molecular formula is C10H9O2+. The molecule has 0 saturated carbocycles. The Kier molecular flexibility index (Phi) is 3.00. The van der Waals surface area contributed by atoms with Gasteiger partial charge in [-0.15, -0.1) is 4.79 Å². The average molecular weight is 161 g/mol. The Hall–Kier alpha value is -1.66. The minimum atomic E-state index is -0.501. The highest BCUT2D eigenvalue weighted by molar-refractivity contribution is 5.80. The van der Waals surface area contributed by atoms with Crippen LogP contribution in [0.4, 0.5) is 0 Å².